The Balaban J connectivity index is 1.63. The van der Waals surface area contributed by atoms with E-state index in [4.69, 9.17) is 0 Å². The van der Waals surface area contributed by atoms with Crippen molar-refractivity contribution < 1.29 is 9.18 Å². The summed E-state index contributed by atoms with van der Waals surface area (Å²) in [7, 11) is 0. The van der Waals surface area contributed by atoms with E-state index in [1.807, 2.05) is 19.9 Å². The molecule has 1 aliphatic heterocycles. The maximum Gasteiger partial charge on any atom is 0.321 e. The first-order valence-electron chi connectivity index (χ1n) is 9.26. The minimum atomic E-state index is -0.360. The van der Waals surface area contributed by atoms with Gasteiger partial charge in [-0.2, -0.15) is 0 Å². The van der Waals surface area contributed by atoms with Gasteiger partial charge in [0.05, 0.1) is 0 Å². The van der Waals surface area contributed by atoms with Crippen LogP contribution >= 0.6 is 0 Å². The summed E-state index contributed by atoms with van der Waals surface area (Å²) in [6.45, 7) is 10.5. The predicted octanol–water partition coefficient (Wildman–Crippen LogP) is 3.71. The molecule has 1 saturated heterocycles. The zero-order chi connectivity index (χ0) is 19.6. The van der Waals surface area contributed by atoms with Crippen molar-refractivity contribution in [3.05, 3.63) is 47.2 Å². The number of carbonyl (C=O) groups is 1. The molecule has 0 aliphatic carbocycles. The van der Waals surface area contributed by atoms with E-state index in [0.717, 1.165) is 22.9 Å². The molecule has 1 aliphatic rings. The molecule has 1 aromatic heterocycles. The Morgan fingerprint density at radius 2 is 1.81 bits per heavy atom. The molecule has 1 fully saturated rings. The Morgan fingerprint density at radius 1 is 1.11 bits per heavy atom. The van der Waals surface area contributed by atoms with Crippen LogP contribution in [0.1, 0.15) is 36.8 Å². The number of hydrogen-bond acceptors (Lipinski definition) is 4. The monoisotopic (exact) mass is 371 g/mol. The number of urea groups is 1. The number of piperazine rings is 1. The first kappa shape index (κ1) is 19.1. The summed E-state index contributed by atoms with van der Waals surface area (Å²) in [5, 5.41) is 2.81. The van der Waals surface area contributed by atoms with E-state index < -0.39 is 0 Å². The second-order valence-electron chi connectivity index (χ2n) is 7.24. The van der Waals surface area contributed by atoms with Crippen LogP contribution in [0.4, 0.5) is 20.7 Å². The van der Waals surface area contributed by atoms with Gasteiger partial charge in [-0.15, -0.1) is 0 Å². The molecule has 0 saturated carbocycles. The summed E-state index contributed by atoms with van der Waals surface area (Å²) in [5.41, 5.74) is 2.29. The highest BCUT2D eigenvalue weighted by molar-refractivity contribution is 5.90. The van der Waals surface area contributed by atoms with Gasteiger partial charge in [0.25, 0.3) is 0 Å². The molecule has 1 N–H and O–H groups in total. The van der Waals surface area contributed by atoms with Crippen molar-refractivity contribution in [2.75, 3.05) is 36.4 Å². The first-order chi connectivity index (χ1) is 12.8. The molecule has 2 amide bonds. The van der Waals surface area contributed by atoms with E-state index in [2.05, 4.69) is 34.0 Å². The number of aromatic nitrogens is 2. The van der Waals surface area contributed by atoms with Crippen LogP contribution in [0.2, 0.25) is 0 Å². The molecule has 27 heavy (non-hydrogen) atoms. The quantitative estimate of drug-likeness (QED) is 0.893. The van der Waals surface area contributed by atoms with Crippen molar-refractivity contribution in [3.8, 4) is 0 Å². The Morgan fingerprint density at radius 3 is 2.48 bits per heavy atom. The summed E-state index contributed by atoms with van der Waals surface area (Å²) in [4.78, 5) is 25.6. The molecule has 0 atom stereocenters. The number of carbonyl (C=O) groups excluding carboxylic acids is 1. The lowest BCUT2D eigenvalue weighted by atomic mass is 10.2. The maximum atomic E-state index is 13.4. The zero-order valence-electron chi connectivity index (χ0n) is 16.3. The smallest absolute Gasteiger partial charge is 0.321 e. The van der Waals surface area contributed by atoms with Crippen molar-refractivity contribution in [1.29, 1.82) is 0 Å². The average Bonchev–Trinajstić information content (AvgIpc) is 2.64. The van der Waals surface area contributed by atoms with Crippen LogP contribution in [-0.4, -0.2) is 47.1 Å². The number of hydrogen-bond donors (Lipinski definition) is 1. The molecular weight excluding hydrogens is 345 g/mol. The average molecular weight is 371 g/mol. The molecule has 3 rings (SSSR count). The van der Waals surface area contributed by atoms with Crippen molar-refractivity contribution >= 4 is 17.5 Å². The van der Waals surface area contributed by atoms with Gasteiger partial charge in [-0.1, -0.05) is 19.9 Å². The van der Waals surface area contributed by atoms with Crippen LogP contribution in [0.15, 0.2) is 24.3 Å². The van der Waals surface area contributed by atoms with Gasteiger partial charge in [0, 0.05) is 49.5 Å². The van der Waals surface area contributed by atoms with Crippen LogP contribution in [0.25, 0.3) is 0 Å². The molecule has 1 aromatic carbocycles. The lowest BCUT2D eigenvalue weighted by Crippen LogP contribution is -2.50. The van der Waals surface area contributed by atoms with E-state index >= 15 is 0 Å². The van der Waals surface area contributed by atoms with Gasteiger partial charge in [0.1, 0.15) is 17.5 Å². The Hall–Kier alpha value is -2.70. The second kappa shape index (κ2) is 7.90. The van der Waals surface area contributed by atoms with Gasteiger partial charge in [-0.05, 0) is 31.5 Å². The Labute approximate surface area is 159 Å². The molecular formula is C20H26FN5O. The van der Waals surface area contributed by atoms with Crippen molar-refractivity contribution in [3.63, 3.8) is 0 Å². The molecule has 0 spiro atoms. The standard InChI is InChI=1S/C20H26FN5O/c1-13(2)19-22-15(4)11-18(24-19)25-7-9-26(10-8-25)20(27)23-17-12-16(21)6-5-14(17)3/h5-6,11-13H,7-10H2,1-4H3,(H,23,27). The van der Waals surface area contributed by atoms with Gasteiger partial charge in [-0.25, -0.2) is 19.2 Å². The van der Waals surface area contributed by atoms with Crippen LogP contribution < -0.4 is 10.2 Å². The fraction of sp³-hybridized carbons (Fsp3) is 0.450. The predicted molar refractivity (Wildman–Crippen MR) is 105 cm³/mol. The number of halogens is 1. The number of nitrogens with zero attached hydrogens (tertiary/aromatic N) is 4. The molecule has 0 radical (unpaired) electrons. The topological polar surface area (TPSA) is 61.4 Å². The van der Waals surface area contributed by atoms with E-state index in [1.165, 1.54) is 12.1 Å². The Bertz CT molecular complexity index is 831. The number of amides is 2. The second-order valence-corrected chi connectivity index (χ2v) is 7.24. The maximum absolute atomic E-state index is 13.4. The van der Waals surface area contributed by atoms with E-state index in [1.54, 1.807) is 11.0 Å². The normalized spacial score (nSPS) is 14.6. The molecule has 144 valence electrons. The minimum absolute atomic E-state index is 0.204. The highest BCUT2D eigenvalue weighted by Gasteiger charge is 2.23. The fourth-order valence-electron chi connectivity index (χ4n) is 3.06. The highest BCUT2D eigenvalue weighted by Crippen LogP contribution is 2.20. The van der Waals surface area contributed by atoms with Gasteiger partial charge in [0.2, 0.25) is 0 Å². The lowest BCUT2D eigenvalue weighted by molar-refractivity contribution is 0.208. The van der Waals surface area contributed by atoms with Crippen LogP contribution in [0.5, 0.6) is 0 Å². The number of rotatable bonds is 3. The lowest BCUT2D eigenvalue weighted by Gasteiger charge is -2.35. The van der Waals surface area contributed by atoms with E-state index in [0.29, 0.717) is 31.9 Å². The van der Waals surface area contributed by atoms with Crippen molar-refractivity contribution in [2.45, 2.75) is 33.6 Å². The van der Waals surface area contributed by atoms with Gasteiger partial charge < -0.3 is 15.1 Å². The van der Waals surface area contributed by atoms with Crippen molar-refractivity contribution in [2.24, 2.45) is 0 Å². The first-order valence-corrected chi connectivity index (χ1v) is 9.26. The summed E-state index contributed by atoms with van der Waals surface area (Å²) in [5.74, 6) is 1.66. The molecule has 7 heteroatoms. The summed E-state index contributed by atoms with van der Waals surface area (Å²) < 4.78 is 13.4. The van der Waals surface area contributed by atoms with E-state index in [9.17, 15) is 9.18 Å². The summed E-state index contributed by atoms with van der Waals surface area (Å²) >= 11 is 0. The largest absolute Gasteiger partial charge is 0.353 e. The van der Waals surface area contributed by atoms with Crippen LogP contribution in [0.3, 0.4) is 0 Å². The number of benzene rings is 1. The third kappa shape index (κ3) is 4.53. The summed E-state index contributed by atoms with van der Waals surface area (Å²) in [6, 6.07) is 6.18. The Kier molecular flexibility index (Phi) is 5.58. The zero-order valence-corrected chi connectivity index (χ0v) is 16.3. The van der Waals surface area contributed by atoms with Crippen molar-refractivity contribution in [1.82, 2.24) is 14.9 Å². The molecule has 6 nitrogen and oxygen atoms in total. The minimum Gasteiger partial charge on any atom is -0.353 e. The van der Waals surface area contributed by atoms with Gasteiger partial charge in [-0.3, -0.25) is 0 Å². The number of anilines is 2. The fourth-order valence-corrected chi connectivity index (χ4v) is 3.06. The molecule has 0 unspecified atom stereocenters. The third-order valence-corrected chi connectivity index (χ3v) is 4.71. The number of nitrogens with one attached hydrogen (secondary N) is 1. The van der Waals surface area contributed by atoms with Gasteiger partial charge >= 0.3 is 6.03 Å². The number of aryl methyl sites for hydroxylation is 2. The molecule has 0 bridgehead atoms. The summed E-state index contributed by atoms with van der Waals surface area (Å²) in [6.07, 6.45) is 0. The molecule has 2 aromatic rings. The van der Waals surface area contributed by atoms with Crippen LogP contribution in [0, 0.1) is 19.7 Å². The van der Waals surface area contributed by atoms with Gasteiger partial charge in [0.15, 0.2) is 0 Å². The third-order valence-electron chi connectivity index (χ3n) is 4.71. The molecule has 2 heterocycles. The van der Waals surface area contributed by atoms with Crippen LogP contribution in [-0.2, 0) is 0 Å². The highest BCUT2D eigenvalue weighted by atomic mass is 19.1. The SMILES string of the molecule is Cc1cc(N2CCN(C(=O)Nc3cc(F)ccc3C)CC2)nc(C(C)C)n1. The van der Waals surface area contributed by atoms with E-state index in [-0.39, 0.29) is 17.8 Å².